The average Bonchev–Trinajstić information content (AvgIpc) is 3.01. The summed E-state index contributed by atoms with van der Waals surface area (Å²) >= 11 is 1.43. The van der Waals surface area contributed by atoms with E-state index >= 15 is 0 Å². The summed E-state index contributed by atoms with van der Waals surface area (Å²) in [5, 5.41) is 6.14. The fourth-order valence-corrected chi connectivity index (χ4v) is 4.22. The molecule has 0 saturated heterocycles. The predicted molar refractivity (Wildman–Crippen MR) is 114 cm³/mol. The number of fused-ring (bicyclic) bond motifs is 1. The maximum Gasteiger partial charge on any atom is 0.321 e. The second-order valence-corrected chi connectivity index (χ2v) is 9.27. The van der Waals surface area contributed by atoms with Crippen LogP contribution in [0.3, 0.4) is 0 Å². The fourth-order valence-electron chi connectivity index (χ4n) is 2.74. The molecule has 1 heterocycles. The van der Waals surface area contributed by atoms with Crippen molar-refractivity contribution in [1.29, 1.82) is 0 Å². The van der Waals surface area contributed by atoms with Crippen LogP contribution < -0.4 is 15.4 Å². The monoisotopic (exact) mass is 418 g/mol. The molecule has 1 atom stereocenters. The number of urea groups is 1. The van der Waals surface area contributed by atoms with Gasteiger partial charge in [0.15, 0.2) is 5.13 Å². The number of carbonyl (C=O) groups is 1. The van der Waals surface area contributed by atoms with E-state index in [1.807, 2.05) is 25.1 Å². The highest BCUT2D eigenvalue weighted by Gasteiger charge is 2.13. The normalized spacial score (nSPS) is 12.5. The number of rotatable bonds is 6. The number of aromatic nitrogens is 1. The van der Waals surface area contributed by atoms with E-state index in [1.165, 1.54) is 16.9 Å². The number of amides is 2. The Bertz CT molecular complexity index is 1110. The first-order valence-corrected chi connectivity index (χ1v) is 11.5. The highest BCUT2D eigenvalue weighted by molar-refractivity contribution is 7.92. The molecule has 0 bridgehead atoms. The van der Waals surface area contributed by atoms with Crippen molar-refractivity contribution < 1.29 is 13.2 Å². The van der Waals surface area contributed by atoms with Gasteiger partial charge in [0, 0.05) is 5.69 Å². The number of benzene rings is 2. The molecule has 3 rings (SSSR count). The van der Waals surface area contributed by atoms with Crippen molar-refractivity contribution in [3.8, 4) is 0 Å². The summed E-state index contributed by atoms with van der Waals surface area (Å²) < 4.78 is 26.2. The lowest BCUT2D eigenvalue weighted by Crippen LogP contribution is -2.31. The van der Waals surface area contributed by atoms with Crippen LogP contribution in [0.1, 0.15) is 31.0 Å². The molecular formula is C19H22N4O3S2. The zero-order valence-corrected chi connectivity index (χ0v) is 17.4. The van der Waals surface area contributed by atoms with E-state index in [1.54, 1.807) is 18.2 Å². The molecule has 3 aromatic rings. The van der Waals surface area contributed by atoms with E-state index in [2.05, 4.69) is 33.3 Å². The summed E-state index contributed by atoms with van der Waals surface area (Å²) in [4.78, 5) is 16.8. The number of sulfonamides is 1. The summed E-state index contributed by atoms with van der Waals surface area (Å²) in [5.74, 6) is 0. The molecule has 0 aliphatic rings. The number of carbonyl (C=O) groups excluding carboxylic acids is 1. The Balaban J connectivity index is 1.67. The molecule has 0 saturated carbocycles. The van der Waals surface area contributed by atoms with Gasteiger partial charge in [0.05, 0.1) is 22.5 Å². The Hall–Kier alpha value is -2.65. The number of nitrogens with one attached hydrogen (secondary N) is 3. The molecule has 0 radical (unpaired) electrons. The first-order valence-electron chi connectivity index (χ1n) is 8.78. The maximum atomic E-state index is 12.3. The largest absolute Gasteiger partial charge is 0.331 e. The molecule has 0 aliphatic heterocycles. The van der Waals surface area contributed by atoms with Gasteiger partial charge in [-0.2, -0.15) is 0 Å². The van der Waals surface area contributed by atoms with Crippen LogP contribution in [0, 0.1) is 0 Å². The predicted octanol–water partition coefficient (Wildman–Crippen LogP) is 4.11. The summed E-state index contributed by atoms with van der Waals surface area (Å²) in [6.45, 7) is 3.92. The van der Waals surface area contributed by atoms with Crippen LogP contribution in [-0.2, 0) is 16.4 Å². The zero-order valence-electron chi connectivity index (χ0n) is 15.8. The van der Waals surface area contributed by atoms with Gasteiger partial charge in [0.25, 0.3) is 0 Å². The van der Waals surface area contributed by atoms with Crippen molar-refractivity contribution >= 4 is 48.4 Å². The van der Waals surface area contributed by atoms with Crippen molar-refractivity contribution in [2.75, 3.05) is 16.3 Å². The van der Waals surface area contributed by atoms with Gasteiger partial charge in [-0.1, -0.05) is 36.5 Å². The highest BCUT2D eigenvalue weighted by Crippen LogP contribution is 2.27. The first kappa shape index (κ1) is 20.1. The van der Waals surface area contributed by atoms with E-state index in [0.717, 1.165) is 28.5 Å². The van der Waals surface area contributed by atoms with Crippen molar-refractivity contribution in [1.82, 2.24) is 10.3 Å². The summed E-state index contributed by atoms with van der Waals surface area (Å²) in [6.07, 6.45) is 2.04. The summed E-state index contributed by atoms with van der Waals surface area (Å²) in [5.41, 5.74) is 3.31. The molecule has 1 unspecified atom stereocenters. The SMILES string of the molecule is CCc1ccc2nc(NC(=O)NC(C)c3cccc(NS(C)(=O)=O)c3)sc2c1. The highest BCUT2D eigenvalue weighted by atomic mass is 32.2. The Morgan fingerprint density at radius 2 is 2.00 bits per heavy atom. The van der Waals surface area contributed by atoms with Crippen LogP contribution in [0.25, 0.3) is 10.2 Å². The van der Waals surface area contributed by atoms with Gasteiger partial charge < -0.3 is 5.32 Å². The van der Waals surface area contributed by atoms with Gasteiger partial charge in [-0.15, -0.1) is 0 Å². The molecule has 2 amide bonds. The number of nitrogens with zero attached hydrogens (tertiary/aromatic N) is 1. The van der Waals surface area contributed by atoms with Gasteiger partial charge in [0.1, 0.15) is 0 Å². The van der Waals surface area contributed by atoms with E-state index in [0.29, 0.717) is 10.8 Å². The second-order valence-electron chi connectivity index (χ2n) is 6.49. The lowest BCUT2D eigenvalue weighted by Gasteiger charge is -2.15. The molecule has 9 heteroatoms. The minimum Gasteiger partial charge on any atom is -0.331 e. The quantitative estimate of drug-likeness (QED) is 0.561. The topological polar surface area (TPSA) is 100 Å². The fraction of sp³-hybridized carbons (Fsp3) is 0.263. The molecule has 1 aromatic heterocycles. The lowest BCUT2D eigenvalue weighted by atomic mass is 10.1. The van der Waals surface area contributed by atoms with Crippen LogP contribution >= 0.6 is 11.3 Å². The molecule has 148 valence electrons. The molecular weight excluding hydrogens is 396 g/mol. The number of hydrogen-bond acceptors (Lipinski definition) is 5. The number of hydrogen-bond donors (Lipinski definition) is 3. The molecule has 0 spiro atoms. The van der Waals surface area contributed by atoms with Crippen molar-refractivity contribution in [3.05, 3.63) is 53.6 Å². The van der Waals surface area contributed by atoms with E-state index < -0.39 is 10.0 Å². The average molecular weight is 419 g/mol. The van der Waals surface area contributed by atoms with E-state index in [4.69, 9.17) is 0 Å². The Labute approximate surface area is 168 Å². The zero-order chi connectivity index (χ0) is 20.3. The van der Waals surface area contributed by atoms with Crippen LogP contribution in [-0.4, -0.2) is 25.7 Å². The third-order valence-corrected chi connectivity index (χ3v) is 5.66. The lowest BCUT2D eigenvalue weighted by molar-refractivity contribution is 0.249. The van der Waals surface area contributed by atoms with Gasteiger partial charge in [-0.3, -0.25) is 10.0 Å². The van der Waals surface area contributed by atoms with Crippen LogP contribution in [0.5, 0.6) is 0 Å². The van der Waals surface area contributed by atoms with Gasteiger partial charge in [-0.05, 0) is 48.7 Å². The number of aryl methyl sites for hydroxylation is 1. The van der Waals surface area contributed by atoms with Crippen molar-refractivity contribution in [2.45, 2.75) is 26.3 Å². The maximum absolute atomic E-state index is 12.3. The number of anilines is 2. The summed E-state index contributed by atoms with van der Waals surface area (Å²) in [7, 11) is -3.36. The van der Waals surface area contributed by atoms with Gasteiger partial charge in [0.2, 0.25) is 10.0 Å². The molecule has 2 aromatic carbocycles. The molecule has 3 N–H and O–H groups in total. The third kappa shape index (κ3) is 5.20. The van der Waals surface area contributed by atoms with E-state index in [9.17, 15) is 13.2 Å². The minimum absolute atomic E-state index is 0.317. The summed E-state index contributed by atoms with van der Waals surface area (Å²) in [6, 6.07) is 12.3. The van der Waals surface area contributed by atoms with Crippen molar-refractivity contribution in [3.63, 3.8) is 0 Å². The van der Waals surface area contributed by atoms with Crippen LogP contribution in [0.15, 0.2) is 42.5 Å². The Morgan fingerprint density at radius 1 is 1.21 bits per heavy atom. The Morgan fingerprint density at radius 3 is 2.71 bits per heavy atom. The second kappa shape index (κ2) is 8.15. The Kier molecular flexibility index (Phi) is 5.85. The minimum atomic E-state index is -3.36. The standard InChI is InChI=1S/C19H22N4O3S2/c1-4-13-8-9-16-17(10-13)27-19(21-16)22-18(24)20-12(2)14-6-5-7-15(11-14)23-28(3,25)26/h5-12,23H,4H2,1-3H3,(H2,20,21,22,24). The van der Waals surface area contributed by atoms with Crippen molar-refractivity contribution in [2.24, 2.45) is 0 Å². The number of thiazole rings is 1. The molecule has 0 aliphatic carbocycles. The first-order chi connectivity index (χ1) is 13.2. The van der Waals surface area contributed by atoms with Gasteiger partial charge in [-0.25, -0.2) is 18.2 Å². The van der Waals surface area contributed by atoms with E-state index in [-0.39, 0.29) is 12.1 Å². The third-order valence-electron chi connectivity index (χ3n) is 4.12. The smallest absolute Gasteiger partial charge is 0.321 e. The molecule has 7 nitrogen and oxygen atoms in total. The molecule has 0 fully saturated rings. The molecule has 28 heavy (non-hydrogen) atoms. The van der Waals surface area contributed by atoms with Crippen LogP contribution in [0.4, 0.5) is 15.6 Å². The van der Waals surface area contributed by atoms with Gasteiger partial charge >= 0.3 is 6.03 Å². The van der Waals surface area contributed by atoms with Crippen LogP contribution in [0.2, 0.25) is 0 Å².